The van der Waals surface area contributed by atoms with Gasteiger partial charge in [0.15, 0.2) is 0 Å². The van der Waals surface area contributed by atoms with Crippen molar-refractivity contribution < 1.29 is 4.42 Å². The van der Waals surface area contributed by atoms with Gasteiger partial charge in [0.25, 0.3) is 0 Å². The summed E-state index contributed by atoms with van der Waals surface area (Å²) in [6.07, 6.45) is 0. The number of benzene rings is 9. The predicted molar refractivity (Wildman–Crippen MR) is 224 cm³/mol. The van der Waals surface area contributed by atoms with Crippen molar-refractivity contribution in [2.45, 2.75) is 6.92 Å². The van der Waals surface area contributed by atoms with Crippen molar-refractivity contribution in [1.82, 2.24) is 0 Å². The fourth-order valence-corrected chi connectivity index (χ4v) is 7.90. The van der Waals surface area contributed by atoms with Crippen molar-refractivity contribution >= 4 is 60.5 Å². The highest BCUT2D eigenvalue weighted by molar-refractivity contribution is 6.14. The molecule has 0 unspecified atom stereocenters. The van der Waals surface area contributed by atoms with Crippen molar-refractivity contribution in [3.63, 3.8) is 0 Å². The molecule has 0 amide bonds. The zero-order valence-electron chi connectivity index (χ0n) is 29.3. The summed E-state index contributed by atoms with van der Waals surface area (Å²) < 4.78 is 6.65. The van der Waals surface area contributed by atoms with Crippen LogP contribution in [0.2, 0.25) is 0 Å². The van der Waals surface area contributed by atoms with Crippen LogP contribution in [0.15, 0.2) is 199 Å². The minimum atomic E-state index is 0.868. The molecule has 0 saturated heterocycles. The normalized spacial score (nSPS) is 11.5. The van der Waals surface area contributed by atoms with Crippen molar-refractivity contribution in [2.24, 2.45) is 0 Å². The topological polar surface area (TPSA) is 16.4 Å². The molecule has 0 spiro atoms. The van der Waals surface area contributed by atoms with E-state index in [9.17, 15) is 0 Å². The van der Waals surface area contributed by atoms with E-state index < -0.39 is 0 Å². The molecule has 250 valence electrons. The van der Waals surface area contributed by atoms with Gasteiger partial charge in [-0.05, 0) is 116 Å². The molecule has 2 nitrogen and oxygen atoms in total. The molecule has 0 bridgehead atoms. The van der Waals surface area contributed by atoms with Crippen LogP contribution in [0.3, 0.4) is 0 Å². The lowest BCUT2D eigenvalue weighted by molar-refractivity contribution is 0.669. The van der Waals surface area contributed by atoms with Crippen LogP contribution in [-0.4, -0.2) is 0 Å². The van der Waals surface area contributed by atoms with Crippen LogP contribution in [0, 0.1) is 6.92 Å². The van der Waals surface area contributed by atoms with Gasteiger partial charge < -0.3 is 9.32 Å². The fourth-order valence-electron chi connectivity index (χ4n) is 7.90. The first-order chi connectivity index (χ1) is 26.2. The maximum atomic E-state index is 6.65. The molecule has 1 aromatic heterocycles. The summed E-state index contributed by atoms with van der Waals surface area (Å²) in [5.74, 6) is 0. The van der Waals surface area contributed by atoms with E-state index in [-0.39, 0.29) is 0 Å². The number of para-hydroxylation sites is 1. The molecule has 0 N–H and O–H groups in total. The molecule has 0 radical (unpaired) electrons. The van der Waals surface area contributed by atoms with Crippen LogP contribution in [0.4, 0.5) is 17.1 Å². The number of hydrogen-bond acceptors (Lipinski definition) is 2. The summed E-state index contributed by atoms with van der Waals surface area (Å²) in [6, 6.07) is 69.8. The lowest BCUT2D eigenvalue weighted by Gasteiger charge is -2.25. The number of hydrogen-bond donors (Lipinski definition) is 0. The van der Waals surface area contributed by atoms with Gasteiger partial charge in [-0.3, -0.25) is 0 Å². The largest absolute Gasteiger partial charge is 0.456 e. The SMILES string of the molecule is Cc1ccc(N(c2ccccc2)c2ccc3c(c2)oc2cc(-c4ccccc4-c4ccc(-c5cc6ccccc6c6ccccc56)cc4)ccc23)cc1. The van der Waals surface area contributed by atoms with Gasteiger partial charge in [-0.15, -0.1) is 0 Å². The number of nitrogens with zero attached hydrogens (tertiary/aromatic N) is 1. The average Bonchev–Trinajstić information content (AvgIpc) is 3.59. The van der Waals surface area contributed by atoms with Crippen LogP contribution in [0.5, 0.6) is 0 Å². The lowest BCUT2D eigenvalue weighted by Crippen LogP contribution is -2.09. The smallest absolute Gasteiger partial charge is 0.137 e. The third-order valence-corrected chi connectivity index (χ3v) is 10.5. The van der Waals surface area contributed by atoms with E-state index in [1.54, 1.807) is 0 Å². The molecule has 0 atom stereocenters. The standard InChI is InChI=1S/C51H35NO/c1-34-19-26-40(27-20-34)52(39-12-3-2-4-13-39)41-28-30-48-47-29-25-38(32-50(47)53-51(48)33-41)43-15-8-7-14-42(43)35-21-23-36(24-22-35)49-31-37-11-5-6-16-44(37)45-17-9-10-18-46(45)49/h2-33H,1H3. The maximum absolute atomic E-state index is 6.65. The molecule has 53 heavy (non-hydrogen) atoms. The first-order valence-electron chi connectivity index (χ1n) is 18.2. The van der Waals surface area contributed by atoms with Gasteiger partial charge >= 0.3 is 0 Å². The van der Waals surface area contributed by atoms with E-state index in [0.717, 1.165) is 44.6 Å². The van der Waals surface area contributed by atoms with Crippen molar-refractivity contribution in [3.8, 4) is 33.4 Å². The summed E-state index contributed by atoms with van der Waals surface area (Å²) >= 11 is 0. The molecule has 10 aromatic rings. The number of furan rings is 1. The van der Waals surface area contributed by atoms with E-state index in [0.29, 0.717) is 0 Å². The molecule has 0 aliphatic rings. The zero-order chi connectivity index (χ0) is 35.3. The molecule has 10 rings (SSSR count). The molecular weight excluding hydrogens is 643 g/mol. The number of aryl methyl sites for hydroxylation is 1. The van der Waals surface area contributed by atoms with E-state index in [1.165, 1.54) is 54.9 Å². The summed E-state index contributed by atoms with van der Waals surface area (Å²) in [7, 11) is 0. The van der Waals surface area contributed by atoms with Gasteiger partial charge in [-0.25, -0.2) is 0 Å². The third-order valence-electron chi connectivity index (χ3n) is 10.5. The summed E-state index contributed by atoms with van der Waals surface area (Å²) in [6.45, 7) is 2.12. The van der Waals surface area contributed by atoms with Crippen LogP contribution >= 0.6 is 0 Å². The fraction of sp³-hybridized carbons (Fsp3) is 0.0196. The predicted octanol–water partition coefficient (Wildman–Crippen LogP) is 14.7. The van der Waals surface area contributed by atoms with E-state index in [2.05, 4.69) is 206 Å². The van der Waals surface area contributed by atoms with Gasteiger partial charge in [0.1, 0.15) is 11.2 Å². The highest BCUT2D eigenvalue weighted by Crippen LogP contribution is 2.41. The highest BCUT2D eigenvalue weighted by atomic mass is 16.3. The quantitative estimate of drug-likeness (QED) is 0.163. The van der Waals surface area contributed by atoms with Crippen LogP contribution in [0.1, 0.15) is 5.56 Å². The Morgan fingerprint density at radius 2 is 0.868 bits per heavy atom. The first kappa shape index (κ1) is 30.9. The first-order valence-corrected chi connectivity index (χ1v) is 18.2. The summed E-state index contributed by atoms with van der Waals surface area (Å²) in [5.41, 5.74) is 13.4. The lowest BCUT2D eigenvalue weighted by atomic mass is 9.91. The molecule has 9 aromatic carbocycles. The van der Waals surface area contributed by atoms with Crippen LogP contribution in [-0.2, 0) is 0 Å². The van der Waals surface area contributed by atoms with Crippen molar-refractivity contribution in [3.05, 3.63) is 200 Å². The van der Waals surface area contributed by atoms with Gasteiger partial charge in [0, 0.05) is 33.9 Å². The molecular formula is C51H35NO. The maximum Gasteiger partial charge on any atom is 0.137 e. The summed E-state index contributed by atoms with van der Waals surface area (Å²) in [5, 5.41) is 7.32. The molecule has 0 saturated carbocycles. The third kappa shape index (κ3) is 5.44. The minimum Gasteiger partial charge on any atom is -0.456 e. The molecule has 0 aliphatic carbocycles. The second-order valence-electron chi connectivity index (χ2n) is 13.8. The Morgan fingerprint density at radius 1 is 0.340 bits per heavy atom. The van der Waals surface area contributed by atoms with E-state index in [1.807, 2.05) is 0 Å². The molecule has 0 fully saturated rings. The zero-order valence-corrected chi connectivity index (χ0v) is 29.3. The minimum absolute atomic E-state index is 0.868. The molecule has 2 heteroatoms. The highest BCUT2D eigenvalue weighted by Gasteiger charge is 2.17. The summed E-state index contributed by atoms with van der Waals surface area (Å²) in [4.78, 5) is 2.28. The van der Waals surface area contributed by atoms with Crippen molar-refractivity contribution in [1.29, 1.82) is 0 Å². The Morgan fingerprint density at radius 3 is 1.62 bits per heavy atom. The van der Waals surface area contributed by atoms with Gasteiger partial charge in [-0.1, -0.05) is 139 Å². The van der Waals surface area contributed by atoms with Gasteiger partial charge in [-0.2, -0.15) is 0 Å². The molecule has 0 aliphatic heterocycles. The van der Waals surface area contributed by atoms with Crippen LogP contribution in [0.25, 0.3) is 76.9 Å². The Balaban J connectivity index is 1.02. The monoisotopic (exact) mass is 677 g/mol. The van der Waals surface area contributed by atoms with Gasteiger partial charge in [0.2, 0.25) is 0 Å². The second-order valence-corrected chi connectivity index (χ2v) is 13.8. The average molecular weight is 678 g/mol. The Kier molecular flexibility index (Phi) is 7.40. The Bertz CT molecular complexity index is 2940. The Labute approximate surface area is 308 Å². The number of anilines is 3. The van der Waals surface area contributed by atoms with E-state index in [4.69, 9.17) is 4.42 Å². The van der Waals surface area contributed by atoms with E-state index >= 15 is 0 Å². The van der Waals surface area contributed by atoms with Crippen molar-refractivity contribution in [2.75, 3.05) is 4.90 Å². The number of rotatable bonds is 6. The van der Waals surface area contributed by atoms with Gasteiger partial charge in [0.05, 0.1) is 0 Å². The second kappa shape index (κ2) is 12.7. The number of fused-ring (bicyclic) bond motifs is 6. The van der Waals surface area contributed by atoms with Crippen LogP contribution < -0.4 is 4.90 Å². The Hall–Kier alpha value is -6.90. The molecule has 1 heterocycles.